The quantitative estimate of drug-likeness (QED) is 0.610. The summed E-state index contributed by atoms with van der Waals surface area (Å²) in [5.41, 5.74) is 8.56. The van der Waals surface area contributed by atoms with E-state index in [2.05, 4.69) is 15.0 Å². The number of fused-ring (bicyclic) bond motifs is 3. The fourth-order valence-electron chi connectivity index (χ4n) is 2.85. The Morgan fingerprint density at radius 1 is 0.923 bits per heavy atom. The average Bonchev–Trinajstić information content (AvgIpc) is 3.03. The van der Waals surface area contributed by atoms with Crippen molar-refractivity contribution in [1.82, 2.24) is 19.4 Å². The Morgan fingerprint density at radius 2 is 1.73 bits per heavy atom. The van der Waals surface area contributed by atoms with Gasteiger partial charge in [0.15, 0.2) is 11.5 Å². The number of anilines is 1. The van der Waals surface area contributed by atoms with Crippen molar-refractivity contribution < 1.29 is 9.47 Å². The standard InChI is InChI=1S/C19H17N5O2/c1-25-15-9-7-12(11-16(15)26-2)8-10-17-22-18(20)23-19-21-13-5-3-4-6-14(13)24(17)19/h3-11H,1-2H3,(H2,20,21,23). The third kappa shape index (κ3) is 2.69. The molecule has 0 radical (unpaired) electrons. The number of nitrogens with two attached hydrogens (primary N) is 1. The van der Waals surface area contributed by atoms with Gasteiger partial charge in [-0.1, -0.05) is 24.3 Å². The van der Waals surface area contributed by atoms with Crippen LogP contribution >= 0.6 is 0 Å². The van der Waals surface area contributed by atoms with E-state index in [0.717, 1.165) is 16.6 Å². The summed E-state index contributed by atoms with van der Waals surface area (Å²) in [7, 11) is 3.22. The van der Waals surface area contributed by atoms with Gasteiger partial charge in [-0.05, 0) is 35.9 Å². The average molecular weight is 347 g/mol. The number of benzene rings is 2. The molecule has 130 valence electrons. The van der Waals surface area contributed by atoms with Gasteiger partial charge in [0.1, 0.15) is 5.82 Å². The van der Waals surface area contributed by atoms with Gasteiger partial charge in [-0.3, -0.25) is 4.40 Å². The number of hydrogen-bond donors (Lipinski definition) is 1. The van der Waals surface area contributed by atoms with Gasteiger partial charge < -0.3 is 15.2 Å². The van der Waals surface area contributed by atoms with E-state index in [1.165, 1.54) is 0 Å². The third-order valence-corrected chi connectivity index (χ3v) is 4.05. The van der Waals surface area contributed by atoms with E-state index >= 15 is 0 Å². The van der Waals surface area contributed by atoms with E-state index in [1.807, 2.05) is 59.0 Å². The predicted octanol–water partition coefficient (Wildman–Crippen LogP) is 3.05. The largest absolute Gasteiger partial charge is 0.493 e. The van der Waals surface area contributed by atoms with Crippen LogP contribution in [0.3, 0.4) is 0 Å². The van der Waals surface area contributed by atoms with Crippen LogP contribution < -0.4 is 15.2 Å². The minimum Gasteiger partial charge on any atom is -0.493 e. The third-order valence-electron chi connectivity index (χ3n) is 4.05. The summed E-state index contributed by atoms with van der Waals surface area (Å²) >= 11 is 0. The molecule has 4 aromatic rings. The first-order chi connectivity index (χ1) is 12.7. The number of nitrogens with zero attached hydrogens (tertiary/aromatic N) is 4. The lowest BCUT2D eigenvalue weighted by Crippen LogP contribution is -2.03. The summed E-state index contributed by atoms with van der Waals surface area (Å²) in [4.78, 5) is 13.1. The zero-order valence-corrected chi connectivity index (χ0v) is 14.4. The van der Waals surface area contributed by atoms with Crippen LogP contribution in [0.15, 0.2) is 42.5 Å². The molecule has 0 amide bonds. The summed E-state index contributed by atoms with van der Waals surface area (Å²) in [5.74, 6) is 2.69. The summed E-state index contributed by atoms with van der Waals surface area (Å²) in [6, 6.07) is 13.5. The molecular weight excluding hydrogens is 330 g/mol. The Bertz CT molecular complexity index is 1130. The molecule has 0 bridgehead atoms. The normalized spacial score (nSPS) is 11.5. The second-order valence-corrected chi connectivity index (χ2v) is 5.62. The van der Waals surface area contributed by atoms with Crippen molar-refractivity contribution in [3.05, 3.63) is 53.9 Å². The van der Waals surface area contributed by atoms with Crippen molar-refractivity contribution in [2.75, 3.05) is 20.0 Å². The minimum absolute atomic E-state index is 0.180. The molecule has 0 unspecified atom stereocenters. The van der Waals surface area contributed by atoms with Gasteiger partial charge in [0.2, 0.25) is 11.7 Å². The van der Waals surface area contributed by atoms with Crippen LogP contribution in [0.2, 0.25) is 0 Å². The van der Waals surface area contributed by atoms with Gasteiger partial charge in [0, 0.05) is 0 Å². The summed E-state index contributed by atoms with van der Waals surface area (Å²) < 4.78 is 12.5. The number of para-hydroxylation sites is 2. The van der Waals surface area contributed by atoms with E-state index < -0.39 is 0 Å². The molecule has 0 saturated heterocycles. The van der Waals surface area contributed by atoms with Crippen LogP contribution in [0.5, 0.6) is 11.5 Å². The highest BCUT2D eigenvalue weighted by atomic mass is 16.5. The Balaban J connectivity index is 1.83. The first-order valence-corrected chi connectivity index (χ1v) is 8.00. The molecular formula is C19H17N5O2. The van der Waals surface area contributed by atoms with E-state index in [-0.39, 0.29) is 5.95 Å². The molecule has 2 aromatic carbocycles. The van der Waals surface area contributed by atoms with Crippen molar-refractivity contribution in [2.24, 2.45) is 0 Å². The number of imidazole rings is 1. The number of aromatic nitrogens is 4. The molecule has 4 rings (SSSR count). The maximum Gasteiger partial charge on any atom is 0.239 e. The van der Waals surface area contributed by atoms with E-state index in [1.54, 1.807) is 14.2 Å². The van der Waals surface area contributed by atoms with Gasteiger partial charge >= 0.3 is 0 Å². The second-order valence-electron chi connectivity index (χ2n) is 5.62. The number of hydrogen-bond acceptors (Lipinski definition) is 6. The van der Waals surface area contributed by atoms with Gasteiger partial charge in [0.05, 0.1) is 25.3 Å². The van der Waals surface area contributed by atoms with E-state index in [0.29, 0.717) is 23.1 Å². The van der Waals surface area contributed by atoms with Crippen LogP contribution in [-0.2, 0) is 0 Å². The molecule has 2 heterocycles. The molecule has 0 aliphatic heterocycles. The smallest absolute Gasteiger partial charge is 0.239 e. The van der Waals surface area contributed by atoms with Gasteiger partial charge in [-0.2, -0.15) is 9.97 Å². The Labute approximate surface area is 149 Å². The first-order valence-electron chi connectivity index (χ1n) is 8.00. The zero-order chi connectivity index (χ0) is 18.1. The van der Waals surface area contributed by atoms with Crippen molar-refractivity contribution in [3.8, 4) is 11.5 Å². The van der Waals surface area contributed by atoms with Crippen LogP contribution in [0, 0.1) is 0 Å². The SMILES string of the molecule is COc1ccc(C=Cc2nc(N)nc3nc4ccccc4n23)cc1OC. The van der Waals surface area contributed by atoms with E-state index in [4.69, 9.17) is 15.2 Å². The molecule has 7 heteroatoms. The van der Waals surface area contributed by atoms with Crippen LogP contribution in [0.1, 0.15) is 11.4 Å². The molecule has 7 nitrogen and oxygen atoms in total. The first kappa shape index (κ1) is 15.9. The maximum atomic E-state index is 5.85. The molecule has 26 heavy (non-hydrogen) atoms. The molecule has 0 spiro atoms. The summed E-state index contributed by atoms with van der Waals surface area (Å²) in [5, 5.41) is 0. The fraction of sp³-hybridized carbons (Fsp3) is 0.105. The van der Waals surface area contributed by atoms with Crippen LogP contribution in [-0.4, -0.2) is 33.6 Å². The highest BCUT2D eigenvalue weighted by molar-refractivity contribution is 5.81. The monoisotopic (exact) mass is 347 g/mol. The van der Waals surface area contributed by atoms with Crippen molar-refractivity contribution >= 4 is 34.9 Å². The minimum atomic E-state index is 0.180. The van der Waals surface area contributed by atoms with Gasteiger partial charge in [-0.25, -0.2) is 4.98 Å². The molecule has 0 fully saturated rings. The summed E-state index contributed by atoms with van der Waals surface area (Å²) in [6.07, 6.45) is 3.80. The maximum absolute atomic E-state index is 5.85. The van der Waals surface area contributed by atoms with Crippen LogP contribution in [0.4, 0.5) is 5.95 Å². The topological polar surface area (TPSA) is 87.6 Å². The zero-order valence-electron chi connectivity index (χ0n) is 14.4. The van der Waals surface area contributed by atoms with Crippen molar-refractivity contribution in [3.63, 3.8) is 0 Å². The predicted molar refractivity (Wildman–Crippen MR) is 101 cm³/mol. The molecule has 0 aliphatic rings. The lowest BCUT2D eigenvalue weighted by Gasteiger charge is -2.07. The molecule has 0 aliphatic carbocycles. The number of methoxy groups -OCH3 is 2. The van der Waals surface area contributed by atoms with Gasteiger partial charge in [-0.15, -0.1) is 0 Å². The Kier molecular flexibility index (Phi) is 3.89. The van der Waals surface area contributed by atoms with Crippen molar-refractivity contribution in [2.45, 2.75) is 0 Å². The van der Waals surface area contributed by atoms with E-state index in [9.17, 15) is 0 Å². The highest BCUT2D eigenvalue weighted by Crippen LogP contribution is 2.28. The second kappa shape index (κ2) is 6.36. The molecule has 2 N–H and O–H groups in total. The Hall–Kier alpha value is -3.61. The van der Waals surface area contributed by atoms with Gasteiger partial charge in [0.25, 0.3) is 0 Å². The van der Waals surface area contributed by atoms with Crippen molar-refractivity contribution in [1.29, 1.82) is 0 Å². The molecule has 0 atom stereocenters. The highest BCUT2D eigenvalue weighted by Gasteiger charge is 2.10. The fourth-order valence-corrected chi connectivity index (χ4v) is 2.85. The Morgan fingerprint density at radius 3 is 2.54 bits per heavy atom. The summed E-state index contributed by atoms with van der Waals surface area (Å²) in [6.45, 7) is 0. The lowest BCUT2D eigenvalue weighted by molar-refractivity contribution is 0.355. The molecule has 2 aromatic heterocycles. The number of nitrogen functional groups attached to an aromatic ring is 1. The molecule has 0 saturated carbocycles. The lowest BCUT2D eigenvalue weighted by atomic mass is 10.2. The van der Waals surface area contributed by atoms with Crippen LogP contribution in [0.25, 0.3) is 29.0 Å². The number of ether oxygens (including phenoxy) is 2. The number of rotatable bonds is 4.